The summed E-state index contributed by atoms with van der Waals surface area (Å²) in [6.45, 7) is 0. The average molecular weight is 194 g/mol. The van der Waals surface area contributed by atoms with Crippen LogP contribution >= 0.6 is 0 Å². The van der Waals surface area contributed by atoms with Gasteiger partial charge in [0.05, 0.1) is 9.85 Å². The van der Waals surface area contributed by atoms with Crippen molar-refractivity contribution >= 4 is 5.97 Å². The van der Waals surface area contributed by atoms with Gasteiger partial charge < -0.3 is 10.2 Å². The molecular formula is C4H6N2O7. The Balaban J connectivity index is 4.35. The number of aliphatic hydroxyl groups is 1. The third-order valence-corrected chi connectivity index (χ3v) is 1.21. The number of nitro groups is 2. The second-order valence-corrected chi connectivity index (χ2v) is 2.14. The molecule has 0 aliphatic heterocycles. The van der Waals surface area contributed by atoms with Gasteiger partial charge >= 0.3 is 12.1 Å². The Kier molecular flexibility index (Phi) is 3.72. The summed E-state index contributed by atoms with van der Waals surface area (Å²) in [5.74, 6) is -1.73. The van der Waals surface area contributed by atoms with Gasteiger partial charge in [-0.15, -0.1) is 0 Å². The highest BCUT2D eigenvalue weighted by atomic mass is 16.7. The van der Waals surface area contributed by atoms with Crippen LogP contribution in [0, 0.1) is 20.2 Å². The topological polar surface area (TPSA) is 144 Å². The molecule has 1 unspecified atom stereocenters. The van der Waals surface area contributed by atoms with E-state index in [2.05, 4.69) is 0 Å². The number of rotatable bonds is 5. The molecule has 2 N–H and O–H groups in total. The van der Waals surface area contributed by atoms with Gasteiger partial charge in [0.25, 0.3) is 0 Å². The molecule has 0 aromatic heterocycles. The van der Waals surface area contributed by atoms with Crippen molar-refractivity contribution in [3.8, 4) is 0 Å². The molecule has 0 aromatic carbocycles. The van der Waals surface area contributed by atoms with E-state index in [9.17, 15) is 25.0 Å². The molecule has 9 nitrogen and oxygen atoms in total. The Morgan fingerprint density at radius 3 is 1.92 bits per heavy atom. The molecule has 74 valence electrons. The molecule has 0 saturated carbocycles. The first kappa shape index (κ1) is 11.2. The van der Waals surface area contributed by atoms with Crippen molar-refractivity contribution in [1.29, 1.82) is 0 Å². The normalized spacial score (nSPS) is 12.5. The van der Waals surface area contributed by atoms with Crippen molar-refractivity contribution in [2.75, 3.05) is 0 Å². The van der Waals surface area contributed by atoms with Crippen molar-refractivity contribution in [3.63, 3.8) is 0 Å². The van der Waals surface area contributed by atoms with Crippen molar-refractivity contribution < 1.29 is 24.9 Å². The van der Waals surface area contributed by atoms with Crippen LogP contribution in [0.4, 0.5) is 0 Å². The summed E-state index contributed by atoms with van der Waals surface area (Å²) < 4.78 is 0. The molecule has 0 amide bonds. The van der Waals surface area contributed by atoms with Gasteiger partial charge in [-0.05, 0) is 0 Å². The van der Waals surface area contributed by atoms with Gasteiger partial charge in [0, 0.05) is 0 Å². The minimum absolute atomic E-state index is 1.05. The lowest BCUT2D eigenvalue weighted by molar-refractivity contribution is -0.743. The van der Waals surface area contributed by atoms with Crippen molar-refractivity contribution in [1.82, 2.24) is 0 Å². The van der Waals surface area contributed by atoms with Crippen LogP contribution < -0.4 is 0 Å². The predicted octanol–water partition coefficient (Wildman–Crippen LogP) is -1.30. The smallest absolute Gasteiger partial charge is 0.453 e. The molecule has 0 bridgehead atoms. The van der Waals surface area contributed by atoms with E-state index >= 15 is 0 Å². The second kappa shape index (κ2) is 4.30. The van der Waals surface area contributed by atoms with E-state index in [-0.39, 0.29) is 0 Å². The van der Waals surface area contributed by atoms with E-state index in [0.717, 1.165) is 0 Å². The molecule has 0 heterocycles. The number of nitrogens with zero attached hydrogens (tertiary/aromatic N) is 2. The van der Waals surface area contributed by atoms with Crippen molar-refractivity contribution in [2.24, 2.45) is 0 Å². The molecule has 0 spiro atoms. The lowest BCUT2D eigenvalue weighted by Gasteiger charge is -2.04. The van der Waals surface area contributed by atoms with Crippen LogP contribution in [0.25, 0.3) is 0 Å². The molecule has 0 aromatic rings. The first-order valence-electron chi connectivity index (χ1n) is 3.04. The van der Waals surface area contributed by atoms with E-state index in [0.29, 0.717) is 0 Å². The first-order valence-corrected chi connectivity index (χ1v) is 3.04. The third-order valence-electron chi connectivity index (χ3n) is 1.21. The van der Waals surface area contributed by atoms with Gasteiger partial charge in [0.15, 0.2) is 6.10 Å². The summed E-state index contributed by atoms with van der Waals surface area (Å²) in [5, 5.41) is 36.6. The quantitative estimate of drug-likeness (QED) is 0.314. The molecule has 9 heteroatoms. The van der Waals surface area contributed by atoms with Crippen LogP contribution in [0.5, 0.6) is 0 Å². The number of carboxylic acids is 1. The Morgan fingerprint density at radius 1 is 1.31 bits per heavy atom. The maximum atomic E-state index is 9.98. The highest BCUT2D eigenvalue weighted by Crippen LogP contribution is 2.02. The van der Waals surface area contributed by atoms with Gasteiger partial charge in [0.1, 0.15) is 6.42 Å². The molecule has 0 aliphatic rings. The van der Waals surface area contributed by atoms with E-state index in [1.807, 2.05) is 0 Å². The molecular weight excluding hydrogens is 188 g/mol. The van der Waals surface area contributed by atoms with Crippen LogP contribution in [-0.2, 0) is 4.79 Å². The molecule has 1 atom stereocenters. The SMILES string of the molecule is O=C(O)C(O)CC([N+](=O)[O-])[N+](=O)[O-]. The summed E-state index contributed by atoms with van der Waals surface area (Å²) in [7, 11) is 0. The Labute approximate surface area is 70.9 Å². The molecule has 0 fully saturated rings. The number of hydrogen-bond donors (Lipinski definition) is 2. The summed E-state index contributed by atoms with van der Waals surface area (Å²) >= 11 is 0. The zero-order valence-corrected chi connectivity index (χ0v) is 6.19. The molecule has 0 saturated heterocycles. The average Bonchev–Trinajstić information content (AvgIpc) is 1.97. The fraction of sp³-hybridized carbons (Fsp3) is 0.750. The van der Waals surface area contributed by atoms with E-state index in [1.54, 1.807) is 0 Å². The molecule has 13 heavy (non-hydrogen) atoms. The van der Waals surface area contributed by atoms with Crippen LogP contribution in [0.15, 0.2) is 0 Å². The Hall–Kier alpha value is -1.77. The second-order valence-electron chi connectivity index (χ2n) is 2.14. The Bertz CT molecular complexity index is 225. The van der Waals surface area contributed by atoms with Gasteiger partial charge in [-0.3, -0.25) is 20.2 Å². The summed E-state index contributed by atoms with van der Waals surface area (Å²) in [6.07, 6.45) is -5.43. The highest BCUT2D eigenvalue weighted by Gasteiger charge is 2.37. The lowest BCUT2D eigenvalue weighted by Crippen LogP contribution is -2.35. The third kappa shape index (κ3) is 3.42. The van der Waals surface area contributed by atoms with Gasteiger partial charge in [-0.2, -0.15) is 0 Å². The van der Waals surface area contributed by atoms with Crippen molar-refractivity contribution in [2.45, 2.75) is 18.7 Å². The predicted molar refractivity (Wildman–Crippen MR) is 36.0 cm³/mol. The maximum Gasteiger partial charge on any atom is 0.453 e. The van der Waals surface area contributed by atoms with Gasteiger partial charge in [0.2, 0.25) is 0 Å². The highest BCUT2D eigenvalue weighted by molar-refractivity contribution is 5.71. The van der Waals surface area contributed by atoms with E-state index in [1.165, 1.54) is 0 Å². The summed E-state index contributed by atoms with van der Waals surface area (Å²) in [6, 6.07) is 0. The van der Waals surface area contributed by atoms with Gasteiger partial charge in [-0.25, -0.2) is 4.79 Å². The molecule has 0 aliphatic carbocycles. The zero-order chi connectivity index (χ0) is 10.6. The number of carbonyl (C=O) groups is 1. The number of carboxylic acid groups (broad SMARTS) is 1. The zero-order valence-electron chi connectivity index (χ0n) is 6.19. The fourth-order valence-corrected chi connectivity index (χ4v) is 0.550. The minimum Gasteiger partial charge on any atom is -0.479 e. The largest absolute Gasteiger partial charge is 0.479 e. The molecule has 0 rings (SSSR count). The standard InChI is InChI=1S/C4H6N2O7/c7-2(4(8)9)1-3(5(10)11)6(12)13/h2-3,7H,1H2,(H,8,9). The molecule has 0 radical (unpaired) electrons. The minimum atomic E-state index is -2.29. The van der Waals surface area contributed by atoms with Gasteiger partial charge in [-0.1, -0.05) is 0 Å². The summed E-state index contributed by atoms with van der Waals surface area (Å²) in [4.78, 5) is 27.4. The first-order chi connectivity index (χ1) is 5.86. The maximum absolute atomic E-state index is 9.98. The number of aliphatic carboxylic acids is 1. The fourth-order valence-electron chi connectivity index (χ4n) is 0.550. The van der Waals surface area contributed by atoms with Crippen molar-refractivity contribution in [3.05, 3.63) is 20.2 Å². The van der Waals surface area contributed by atoms with Crippen LogP contribution in [0.3, 0.4) is 0 Å². The Morgan fingerprint density at radius 2 is 1.69 bits per heavy atom. The van der Waals surface area contributed by atoms with E-state index in [4.69, 9.17) is 10.2 Å². The monoisotopic (exact) mass is 194 g/mol. The van der Waals surface area contributed by atoms with Crippen LogP contribution in [0.2, 0.25) is 0 Å². The van der Waals surface area contributed by atoms with Crippen LogP contribution in [0.1, 0.15) is 6.42 Å². The number of hydrogen-bond acceptors (Lipinski definition) is 6. The number of aliphatic hydroxyl groups excluding tert-OH is 1. The lowest BCUT2D eigenvalue weighted by atomic mass is 10.2. The van der Waals surface area contributed by atoms with E-state index < -0.39 is 34.5 Å². The van der Waals surface area contributed by atoms with Crippen LogP contribution in [-0.4, -0.2) is 38.3 Å². The summed E-state index contributed by atoms with van der Waals surface area (Å²) in [5.41, 5.74) is 0.